The quantitative estimate of drug-likeness (QED) is 0.839. The lowest BCUT2D eigenvalue weighted by Crippen LogP contribution is -2.34. The third kappa shape index (κ3) is 4.37. The van der Waals surface area contributed by atoms with Crippen LogP contribution in [0.25, 0.3) is 0 Å². The van der Waals surface area contributed by atoms with Crippen molar-refractivity contribution in [1.29, 1.82) is 0 Å². The maximum absolute atomic E-state index is 10.6. The molecule has 0 bridgehead atoms. The number of carboxylic acids is 1. The predicted molar refractivity (Wildman–Crippen MR) is 84.8 cm³/mol. The van der Waals surface area contributed by atoms with Crippen LogP contribution >= 0.6 is 0 Å². The Morgan fingerprint density at radius 1 is 1.32 bits per heavy atom. The van der Waals surface area contributed by atoms with Crippen molar-refractivity contribution in [2.45, 2.75) is 32.1 Å². The number of hydrogen-bond acceptors (Lipinski definition) is 4. The highest BCUT2D eigenvalue weighted by atomic mass is 16.5. The number of rotatable bonds is 7. The first kappa shape index (κ1) is 16.6. The Hall–Kier alpha value is -1.75. The minimum absolute atomic E-state index is 0.224. The molecule has 1 aromatic carbocycles. The fourth-order valence-electron chi connectivity index (χ4n) is 2.96. The van der Waals surface area contributed by atoms with E-state index in [0.717, 1.165) is 37.4 Å². The number of ether oxygens (including phenoxy) is 2. The van der Waals surface area contributed by atoms with Gasteiger partial charge in [-0.1, -0.05) is 6.07 Å². The molecule has 0 aliphatic carbocycles. The predicted octanol–water partition coefficient (Wildman–Crippen LogP) is 2.75. The fraction of sp³-hybridized carbons (Fsp3) is 0.588. The Labute approximate surface area is 131 Å². The van der Waals surface area contributed by atoms with E-state index >= 15 is 0 Å². The van der Waals surface area contributed by atoms with Gasteiger partial charge in [0.2, 0.25) is 0 Å². The number of carbonyl (C=O) groups is 1. The first-order valence-corrected chi connectivity index (χ1v) is 7.89. The zero-order valence-electron chi connectivity index (χ0n) is 13.4. The molecule has 0 unspecified atom stereocenters. The molecule has 1 fully saturated rings. The van der Waals surface area contributed by atoms with Crippen molar-refractivity contribution in [3.8, 4) is 11.5 Å². The summed E-state index contributed by atoms with van der Waals surface area (Å²) >= 11 is 0. The van der Waals surface area contributed by atoms with Crippen LogP contribution in [0.4, 0.5) is 0 Å². The van der Waals surface area contributed by atoms with Crippen LogP contribution in [-0.4, -0.2) is 49.3 Å². The summed E-state index contributed by atoms with van der Waals surface area (Å²) in [5, 5.41) is 8.75. The first-order chi connectivity index (χ1) is 10.6. The van der Waals surface area contributed by atoms with Gasteiger partial charge in [0, 0.05) is 6.54 Å². The van der Waals surface area contributed by atoms with E-state index in [-0.39, 0.29) is 6.42 Å². The average molecular weight is 307 g/mol. The van der Waals surface area contributed by atoms with Crippen LogP contribution in [-0.2, 0) is 4.79 Å². The molecular weight excluding hydrogens is 282 g/mol. The minimum Gasteiger partial charge on any atom is -0.493 e. The van der Waals surface area contributed by atoms with Crippen LogP contribution in [0.2, 0.25) is 0 Å². The van der Waals surface area contributed by atoms with Gasteiger partial charge >= 0.3 is 5.97 Å². The number of carboxylic acid groups (broad SMARTS) is 1. The van der Waals surface area contributed by atoms with Crippen molar-refractivity contribution in [3.63, 3.8) is 0 Å². The average Bonchev–Trinajstić information content (AvgIpc) is 2.54. The van der Waals surface area contributed by atoms with Gasteiger partial charge < -0.3 is 19.5 Å². The van der Waals surface area contributed by atoms with Crippen LogP contribution in [0, 0.1) is 0 Å². The second-order valence-corrected chi connectivity index (χ2v) is 5.60. The first-order valence-electron chi connectivity index (χ1n) is 7.89. The van der Waals surface area contributed by atoms with E-state index in [1.54, 1.807) is 7.11 Å². The summed E-state index contributed by atoms with van der Waals surface area (Å²) in [6.07, 6.45) is 2.33. The Morgan fingerprint density at radius 3 is 2.64 bits per heavy atom. The molecule has 1 aliphatic rings. The largest absolute Gasteiger partial charge is 0.493 e. The van der Waals surface area contributed by atoms with Crippen LogP contribution in [0.5, 0.6) is 11.5 Å². The van der Waals surface area contributed by atoms with Gasteiger partial charge in [-0.05, 0) is 56.5 Å². The molecule has 0 aromatic heterocycles. The Morgan fingerprint density at radius 2 is 2.05 bits per heavy atom. The molecule has 0 spiro atoms. The minimum atomic E-state index is -0.724. The monoisotopic (exact) mass is 307 g/mol. The van der Waals surface area contributed by atoms with Gasteiger partial charge in [0.25, 0.3) is 0 Å². The molecule has 122 valence electrons. The third-order valence-corrected chi connectivity index (χ3v) is 4.19. The van der Waals surface area contributed by atoms with Gasteiger partial charge in [0.05, 0.1) is 20.1 Å². The SMILES string of the molecule is CCOc1ccc(C2CCN(CCC(=O)O)CC2)cc1OC. The lowest BCUT2D eigenvalue weighted by molar-refractivity contribution is -0.137. The number of piperidine rings is 1. The van der Waals surface area contributed by atoms with E-state index in [1.165, 1.54) is 5.56 Å². The highest BCUT2D eigenvalue weighted by Gasteiger charge is 2.21. The summed E-state index contributed by atoms with van der Waals surface area (Å²) in [6.45, 7) is 5.13. The third-order valence-electron chi connectivity index (χ3n) is 4.19. The molecule has 0 saturated carbocycles. The second-order valence-electron chi connectivity index (χ2n) is 5.60. The van der Waals surface area contributed by atoms with Crippen LogP contribution in [0.15, 0.2) is 18.2 Å². The van der Waals surface area contributed by atoms with E-state index in [4.69, 9.17) is 14.6 Å². The molecule has 1 aromatic rings. The summed E-state index contributed by atoms with van der Waals surface area (Å²) in [5.74, 6) is 1.35. The van der Waals surface area contributed by atoms with Crippen LogP contribution < -0.4 is 9.47 Å². The van der Waals surface area contributed by atoms with Crippen molar-refractivity contribution in [2.75, 3.05) is 33.4 Å². The number of nitrogens with zero attached hydrogens (tertiary/aromatic N) is 1. The summed E-state index contributed by atoms with van der Waals surface area (Å²) in [5.41, 5.74) is 1.28. The number of likely N-dealkylation sites (tertiary alicyclic amines) is 1. The van der Waals surface area contributed by atoms with Gasteiger partial charge in [0.15, 0.2) is 11.5 Å². The number of methoxy groups -OCH3 is 1. The molecule has 1 saturated heterocycles. The van der Waals surface area contributed by atoms with Crippen molar-refractivity contribution in [1.82, 2.24) is 4.90 Å². The lowest BCUT2D eigenvalue weighted by atomic mass is 9.89. The Bertz CT molecular complexity index is 495. The zero-order valence-corrected chi connectivity index (χ0v) is 13.4. The van der Waals surface area contributed by atoms with Gasteiger partial charge in [-0.25, -0.2) is 0 Å². The standard InChI is InChI=1S/C17H25NO4/c1-3-22-15-5-4-14(12-16(15)21-2)13-6-9-18(10-7-13)11-8-17(19)20/h4-5,12-13H,3,6-11H2,1-2H3,(H,19,20). The topological polar surface area (TPSA) is 59.0 Å². The molecule has 2 rings (SSSR count). The number of benzene rings is 1. The molecule has 0 amide bonds. The number of hydrogen-bond donors (Lipinski definition) is 1. The van der Waals surface area contributed by atoms with Crippen molar-refractivity contribution >= 4 is 5.97 Å². The maximum Gasteiger partial charge on any atom is 0.304 e. The summed E-state index contributed by atoms with van der Waals surface area (Å²) in [7, 11) is 1.66. The Balaban J connectivity index is 1.94. The van der Waals surface area contributed by atoms with Crippen molar-refractivity contribution < 1.29 is 19.4 Å². The molecule has 22 heavy (non-hydrogen) atoms. The van der Waals surface area contributed by atoms with E-state index in [9.17, 15) is 4.79 Å². The van der Waals surface area contributed by atoms with Gasteiger partial charge in [-0.15, -0.1) is 0 Å². The highest BCUT2D eigenvalue weighted by Crippen LogP contribution is 2.34. The molecule has 1 heterocycles. The lowest BCUT2D eigenvalue weighted by Gasteiger charge is -2.32. The Kier molecular flexibility index (Phi) is 6.07. The van der Waals surface area contributed by atoms with Gasteiger partial charge in [-0.2, -0.15) is 0 Å². The second kappa shape index (κ2) is 8.03. The molecule has 0 radical (unpaired) electrons. The molecule has 5 nitrogen and oxygen atoms in total. The van der Waals surface area contributed by atoms with Gasteiger partial charge in [0.1, 0.15) is 0 Å². The van der Waals surface area contributed by atoms with E-state index in [2.05, 4.69) is 17.0 Å². The van der Waals surface area contributed by atoms with E-state index in [1.807, 2.05) is 13.0 Å². The van der Waals surface area contributed by atoms with Crippen molar-refractivity contribution in [2.24, 2.45) is 0 Å². The van der Waals surface area contributed by atoms with E-state index < -0.39 is 5.97 Å². The smallest absolute Gasteiger partial charge is 0.304 e. The summed E-state index contributed by atoms with van der Waals surface area (Å²) in [6, 6.07) is 6.17. The van der Waals surface area contributed by atoms with E-state index in [0.29, 0.717) is 19.1 Å². The number of aliphatic carboxylic acids is 1. The molecule has 1 N–H and O–H groups in total. The molecule has 5 heteroatoms. The molecule has 1 aliphatic heterocycles. The summed E-state index contributed by atoms with van der Waals surface area (Å²) < 4.78 is 11.0. The highest BCUT2D eigenvalue weighted by molar-refractivity contribution is 5.66. The van der Waals surface area contributed by atoms with Crippen LogP contribution in [0.3, 0.4) is 0 Å². The van der Waals surface area contributed by atoms with Gasteiger partial charge in [-0.3, -0.25) is 4.79 Å². The zero-order chi connectivity index (χ0) is 15.9. The molecular formula is C17H25NO4. The molecule has 0 atom stereocenters. The summed E-state index contributed by atoms with van der Waals surface area (Å²) in [4.78, 5) is 12.9. The normalized spacial score (nSPS) is 16.5. The maximum atomic E-state index is 10.6. The van der Waals surface area contributed by atoms with Crippen LogP contribution in [0.1, 0.15) is 37.7 Å². The fourth-order valence-corrected chi connectivity index (χ4v) is 2.96. The van der Waals surface area contributed by atoms with Crippen molar-refractivity contribution in [3.05, 3.63) is 23.8 Å².